The molecule has 3 nitrogen and oxygen atoms in total. The van der Waals surface area contributed by atoms with Crippen LogP contribution in [0.15, 0.2) is 12.3 Å². The van der Waals surface area contributed by atoms with Crippen LogP contribution in [0.25, 0.3) is 0 Å². The summed E-state index contributed by atoms with van der Waals surface area (Å²) in [6, 6.07) is 2.11. The molecule has 0 bridgehead atoms. The Hall–Kier alpha value is -0.800. The lowest BCUT2D eigenvalue weighted by Crippen LogP contribution is -2.30. The van der Waals surface area contributed by atoms with Crippen molar-refractivity contribution < 1.29 is 0 Å². The van der Waals surface area contributed by atoms with Gasteiger partial charge in [0.25, 0.3) is 0 Å². The van der Waals surface area contributed by atoms with Crippen LogP contribution in [0.5, 0.6) is 0 Å². The highest BCUT2D eigenvalue weighted by Gasteiger charge is 2.19. The van der Waals surface area contributed by atoms with Crippen molar-refractivity contribution in [2.75, 3.05) is 25.0 Å². The molecule has 0 amide bonds. The van der Waals surface area contributed by atoms with E-state index in [1.54, 1.807) is 6.20 Å². The predicted octanol–water partition coefficient (Wildman–Crippen LogP) is 3.47. The van der Waals surface area contributed by atoms with Crippen LogP contribution in [0.2, 0.25) is 5.02 Å². The van der Waals surface area contributed by atoms with Gasteiger partial charge in [-0.25, -0.2) is 4.98 Å². The number of aromatic nitrogens is 1. The van der Waals surface area contributed by atoms with E-state index in [4.69, 9.17) is 11.6 Å². The summed E-state index contributed by atoms with van der Waals surface area (Å²) >= 11 is 6.20. The first-order chi connectivity index (χ1) is 9.20. The molecule has 2 rings (SSSR count). The molecule has 1 aromatic rings. The van der Waals surface area contributed by atoms with Crippen LogP contribution in [-0.2, 0) is 6.54 Å². The first kappa shape index (κ1) is 14.6. The molecule has 1 aliphatic rings. The van der Waals surface area contributed by atoms with Gasteiger partial charge in [-0.05, 0) is 43.4 Å². The SMILES string of the molecule is CCCNCc1cc(N(C)CC2CCC2)ncc1Cl. The quantitative estimate of drug-likeness (QED) is 0.776. The largest absolute Gasteiger partial charge is 0.359 e. The van der Waals surface area contributed by atoms with E-state index in [1.165, 1.54) is 19.3 Å². The van der Waals surface area contributed by atoms with E-state index in [0.29, 0.717) is 0 Å². The third-order valence-corrected chi connectivity index (χ3v) is 4.15. The van der Waals surface area contributed by atoms with Gasteiger partial charge in [0, 0.05) is 26.3 Å². The molecule has 106 valence electrons. The Morgan fingerprint density at radius 2 is 2.26 bits per heavy atom. The molecular weight excluding hydrogens is 258 g/mol. The molecule has 19 heavy (non-hydrogen) atoms. The molecule has 4 heteroatoms. The number of nitrogens with zero attached hydrogens (tertiary/aromatic N) is 2. The molecule has 1 aromatic heterocycles. The van der Waals surface area contributed by atoms with Gasteiger partial charge in [-0.15, -0.1) is 0 Å². The Kier molecular flexibility index (Phi) is 5.46. The maximum absolute atomic E-state index is 6.20. The zero-order valence-corrected chi connectivity index (χ0v) is 12.7. The Morgan fingerprint density at radius 1 is 1.47 bits per heavy atom. The monoisotopic (exact) mass is 281 g/mol. The fourth-order valence-corrected chi connectivity index (χ4v) is 2.54. The number of hydrogen-bond acceptors (Lipinski definition) is 3. The highest BCUT2D eigenvalue weighted by Crippen LogP contribution is 2.28. The van der Waals surface area contributed by atoms with E-state index >= 15 is 0 Å². The molecular formula is C15H24ClN3. The molecule has 0 unspecified atom stereocenters. The summed E-state index contributed by atoms with van der Waals surface area (Å²) in [5, 5.41) is 4.14. The minimum Gasteiger partial charge on any atom is -0.359 e. The fraction of sp³-hybridized carbons (Fsp3) is 0.667. The summed E-state index contributed by atoms with van der Waals surface area (Å²) in [5.41, 5.74) is 1.14. The molecule has 0 saturated heterocycles. The minimum absolute atomic E-state index is 0.754. The average Bonchev–Trinajstić information content (AvgIpc) is 2.36. The first-order valence-electron chi connectivity index (χ1n) is 7.27. The van der Waals surface area contributed by atoms with Crippen molar-refractivity contribution in [2.45, 2.75) is 39.2 Å². The molecule has 0 aromatic carbocycles. The average molecular weight is 282 g/mol. The third-order valence-electron chi connectivity index (χ3n) is 3.81. The van der Waals surface area contributed by atoms with Crippen LogP contribution in [-0.4, -0.2) is 25.1 Å². The van der Waals surface area contributed by atoms with Crippen LogP contribution in [0.1, 0.15) is 38.2 Å². The fourth-order valence-electron chi connectivity index (χ4n) is 2.37. The summed E-state index contributed by atoms with van der Waals surface area (Å²) in [6.45, 7) is 5.11. The van der Waals surface area contributed by atoms with Crippen molar-refractivity contribution >= 4 is 17.4 Å². The van der Waals surface area contributed by atoms with Gasteiger partial charge in [0.15, 0.2) is 0 Å². The van der Waals surface area contributed by atoms with Crippen LogP contribution < -0.4 is 10.2 Å². The van der Waals surface area contributed by atoms with Crippen LogP contribution >= 0.6 is 11.6 Å². The van der Waals surface area contributed by atoms with Crippen molar-refractivity contribution in [3.05, 3.63) is 22.8 Å². The molecule has 1 heterocycles. The van der Waals surface area contributed by atoms with E-state index in [0.717, 1.165) is 48.4 Å². The van der Waals surface area contributed by atoms with Gasteiger partial charge in [-0.2, -0.15) is 0 Å². The minimum atomic E-state index is 0.754. The van der Waals surface area contributed by atoms with Gasteiger partial charge in [-0.3, -0.25) is 0 Å². The molecule has 0 spiro atoms. The molecule has 0 radical (unpaired) electrons. The Bertz CT molecular complexity index is 404. The third kappa shape index (κ3) is 4.08. The summed E-state index contributed by atoms with van der Waals surface area (Å²) in [4.78, 5) is 6.70. The van der Waals surface area contributed by atoms with Gasteiger partial charge < -0.3 is 10.2 Å². The second kappa shape index (κ2) is 7.11. The maximum atomic E-state index is 6.20. The standard InChI is InChI=1S/C15H24ClN3/c1-3-7-17-9-13-8-15(18-10-14(13)16)19(2)11-12-5-4-6-12/h8,10,12,17H,3-7,9,11H2,1-2H3. The Morgan fingerprint density at radius 3 is 2.89 bits per heavy atom. The number of halogens is 1. The molecule has 1 N–H and O–H groups in total. The number of rotatable bonds is 7. The highest BCUT2D eigenvalue weighted by molar-refractivity contribution is 6.31. The van der Waals surface area contributed by atoms with Crippen LogP contribution in [0.4, 0.5) is 5.82 Å². The van der Waals surface area contributed by atoms with E-state index in [9.17, 15) is 0 Å². The van der Waals surface area contributed by atoms with Crippen molar-refractivity contribution in [2.24, 2.45) is 5.92 Å². The molecule has 0 aliphatic heterocycles. The van der Waals surface area contributed by atoms with E-state index in [2.05, 4.69) is 35.2 Å². The number of hydrogen-bond donors (Lipinski definition) is 1. The van der Waals surface area contributed by atoms with E-state index < -0.39 is 0 Å². The number of pyridine rings is 1. The lowest BCUT2D eigenvalue weighted by molar-refractivity contribution is 0.321. The maximum Gasteiger partial charge on any atom is 0.128 e. The molecule has 1 aliphatic carbocycles. The summed E-state index contributed by atoms with van der Waals surface area (Å²) in [6.07, 6.45) is 7.03. The lowest BCUT2D eigenvalue weighted by Gasteiger charge is -2.30. The second-order valence-corrected chi connectivity index (χ2v) is 5.90. The number of anilines is 1. The highest BCUT2D eigenvalue weighted by atomic mass is 35.5. The van der Waals surface area contributed by atoms with E-state index in [-0.39, 0.29) is 0 Å². The zero-order chi connectivity index (χ0) is 13.7. The van der Waals surface area contributed by atoms with Gasteiger partial charge in [0.1, 0.15) is 5.82 Å². The van der Waals surface area contributed by atoms with Crippen molar-refractivity contribution in [1.29, 1.82) is 0 Å². The predicted molar refractivity (Wildman–Crippen MR) is 81.9 cm³/mol. The van der Waals surface area contributed by atoms with Crippen LogP contribution in [0, 0.1) is 5.92 Å². The normalized spacial score (nSPS) is 15.3. The van der Waals surface area contributed by atoms with Crippen molar-refractivity contribution in [1.82, 2.24) is 10.3 Å². The smallest absolute Gasteiger partial charge is 0.128 e. The van der Waals surface area contributed by atoms with Gasteiger partial charge in [0.2, 0.25) is 0 Å². The van der Waals surface area contributed by atoms with Gasteiger partial charge >= 0.3 is 0 Å². The van der Waals surface area contributed by atoms with Crippen molar-refractivity contribution in [3.63, 3.8) is 0 Å². The first-order valence-corrected chi connectivity index (χ1v) is 7.64. The summed E-state index contributed by atoms with van der Waals surface area (Å²) in [7, 11) is 2.12. The van der Waals surface area contributed by atoms with E-state index in [1.807, 2.05) is 0 Å². The molecule has 1 saturated carbocycles. The molecule has 0 atom stereocenters. The topological polar surface area (TPSA) is 28.2 Å². The second-order valence-electron chi connectivity index (χ2n) is 5.49. The Balaban J connectivity index is 1.97. The summed E-state index contributed by atoms with van der Waals surface area (Å²) in [5.74, 6) is 1.88. The Labute approximate surface area is 121 Å². The van der Waals surface area contributed by atoms with Crippen LogP contribution in [0.3, 0.4) is 0 Å². The van der Waals surface area contributed by atoms with Gasteiger partial charge in [-0.1, -0.05) is 24.9 Å². The van der Waals surface area contributed by atoms with Crippen molar-refractivity contribution in [3.8, 4) is 0 Å². The molecule has 1 fully saturated rings. The van der Waals surface area contributed by atoms with Gasteiger partial charge in [0.05, 0.1) is 5.02 Å². The lowest BCUT2D eigenvalue weighted by atomic mass is 9.85. The number of nitrogens with one attached hydrogen (secondary N) is 1. The summed E-state index contributed by atoms with van der Waals surface area (Å²) < 4.78 is 0. The zero-order valence-electron chi connectivity index (χ0n) is 12.0.